The van der Waals surface area contributed by atoms with Crippen LogP contribution < -0.4 is 0 Å². The molecule has 6 heteroatoms. The zero-order chi connectivity index (χ0) is 44.4. The molecule has 0 amide bonds. The van der Waals surface area contributed by atoms with Crippen LogP contribution in [-0.2, 0) is 28.6 Å². The summed E-state index contributed by atoms with van der Waals surface area (Å²) in [6.07, 6.45) is 61.9. The van der Waals surface area contributed by atoms with E-state index in [4.69, 9.17) is 14.2 Å². The third-order valence-corrected chi connectivity index (χ3v) is 10.7. The van der Waals surface area contributed by atoms with Crippen LogP contribution in [-0.4, -0.2) is 37.2 Å². The molecule has 6 nitrogen and oxygen atoms in total. The van der Waals surface area contributed by atoms with E-state index in [9.17, 15) is 14.4 Å². The molecule has 1 unspecified atom stereocenters. The standard InChI is InChI=1S/C55H94O6/c1-4-7-10-13-16-19-22-24-25-26-27-28-29-31-33-36-39-42-45-48-54(57)60-51-52(50-59-53(56)47-44-41-38-35-32-21-18-15-12-9-6-3)61-55(58)49-46-43-40-37-34-30-23-20-17-14-11-8-5-2/h8,11,16-17,19-20,24-25,30,34,40,43,52H,4-7,9-10,12-15,18,21-23,26-29,31-33,35-39,41-42,44-51H2,1-3H3/b11-8-,19-16-,20-17-,25-24-,34-30-,43-40-. The molecule has 0 bridgehead atoms. The minimum Gasteiger partial charge on any atom is -0.462 e. The molecule has 350 valence electrons. The fourth-order valence-corrected chi connectivity index (χ4v) is 6.90. The summed E-state index contributed by atoms with van der Waals surface area (Å²) < 4.78 is 16.7. The quantitative estimate of drug-likeness (QED) is 0.0263. The largest absolute Gasteiger partial charge is 0.462 e. The molecule has 0 aliphatic carbocycles. The van der Waals surface area contributed by atoms with Crippen LogP contribution in [0.3, 0.4) is 0 Å². The van der Waals surface area contributed by atoms with Gasteiger partial charge in [-0.3, -0.25) is 14.4 Å². The lowest BCUT2D eigenvalue weighted by atomic mass is 10.1. The van der Waals surface area contributed by atoms with Gasteiger partial charge in [-0.2, -0.15) is 0 Å². The van der Waals surface area contributed by atoms with Gasteiger partial charge in [0, 0.05) is 19.3 Å². The van der Waals surface area contributed by atoms with Crippen LogP contribution >= 0.6 is 0 Å². The van der Waals surface area contributed by atoms with Crippen LogP contribution in [0.1, 0.15) is 239 Å². The molecule has 0 fully saturated rings. The Morgan fingerprint density at radius 2 is 0.672 bits per heavy atom. The van der Waals surface area contributed by atoms with Gasteiger partial charge in [-0.1, -0.05) is 216 Å². The van der Waals surface area contributed by atoms with Crippen LogP contribution in [0.2, 0.25) is 0 Å². The summed E-state index contributed by atoms with van der Waals surface area (Å²) in [4.78, 5) is 37.9. The summed E-state index contributed by atoms with van der Waals surface area (Å²) in [5, 5.41) is 0. The van der Waals surface area contributed by atoms with Crippen LogP contribution in [0.4, 0.5) is 0 Å². The molecule has 0 saturated heterocycles. The van der Waals surface area contributed by atoms with Gasteiger partial charge in [0.15, 0.2) is 6.10 Å². The van der Waals surface area contributed by atoms with Crippen molar-refractivity contribution in [3.05, 3.63) is 72.9 Å². The number of rotatable bonds is 45. The monoisotopic (exact) mass is 851 g/mol. The number of ether oxygens (including phenoxy) is 3. The second kappa shape index (κ2) is 49.5. The highest BCUT2D eigenvalue weighted by atomic mass is 16.6. The lowest BCUT2D eigenvalue weighted by molar-refractivity contribution is -0.166. The smallest absolute Gasteiger partial charge is 0.306 e. The molecule has 0 aromatic rings. The zero-order valence-electron chi connectivity index (χ0n) is 39.9. The Balaban J connectivity index is 4.40. The second-order valence-electron chi connectivity index (χ2n) is 16.7. The first-order valence-electron chi connectivity index (χ1n) is 25.4. The third-order valence-electron chi connectivity index (χ3n) is 10.7. The van der Waals surface area contributed by atoms with Crippen molar-refractivity contribution in [1.82, 2.24) is 0 Å². The minimum absolute atomic E-state index is 0.104. The van der Waals surface area contributed by atoms with Crippen molar-refractivity contribution < 1.29 is 28.6 Å². The highest BCUT2D eigenvalue weighted by Crippen LogP contribution is 2.14. The molecule has 0 aromatic heterocycles. The topological polar surface area (TPSA) is 78.9 Å². The van der Waals surface area contributed by atoms with Gasteiger partial charge in [-0.25, -0.2) is 0 Å². The van der Waals surface area contributed by atoms with Crippen molar-refractivity contribution in [1.29, 1.82) is 0 Å². The van der Waals surface area contributed by atoms with E-state index >= 15 is 0 Å². The third kappa shape index (κ3) is 47.7. The number of hydrogen-bond acceptors (Lipinski definition) is 6. The van der Waals surface area contributed by atoms with Gasteiger partial charge in [0.25, 0.3) is 0 Å². The van der Waals surface area contributed by atoms with Gasteiger partial charge in [0.05, 0.1) is 0 Å². The van der Waals surface area contributed by atoms with E-state index in [1.165, 1.54) is 122 Å². The molecule has 61 heavy (non-hydrogen) atoms. The summed E-state index contributed by atoms with van der Waals surface area (Å²) in [6, 6.07) is 0. The Morgan fingerprint density at radius 3 is 1.10 bits per heavy atom. The molecule has 0 N–H and O–H groups in total. The molecule has 0 radical (unpaired) electrons. The van der Waals surface area contributed by atoms with Crippen LogP contribution in [0.15, 0.2) is 72.9 Å². The van der Waals surface area contributed by atoms with Crippen molar-refractivity contribution in [2.24, 2.45) is 0 Å². The molecule has 0 saturated carbocycles. The molecule has 0 aliphatic rings. The first-order chi connectivity index (χ1) is 30.0. The maximum Gasteiger partial charge on any atom is 0.306 e. The average molecular weight is 851 g/mol. The fourth-order valence-electron chi connectivity index (χ4n) is 6.90. The van der Waals surface area contributed by atoms with Gasteiger partial charge in [-0.15, -0.1) is 0 Å². The lowest BCUT2D eigenvalue weighted by Crippen LogP contribution is -2.30. The Kier molecular flexibility index (Phi) is 46.9. The second-order valence-corrected chi connectivity index (χ2v) is 16.7. The molecule has 0 aromatic carbocycles. The van der Waals surface area contributed by atoms with Gasteiger partial charge >= 0.3 is 17.9 Å². The van der Waals surface area contributed by atoms with E-state index in [2.05, 4.69) is 81.5 Å². The van der Waals surface area contributed by atoms with Crippen LogP contribution in [0.5, 0.6) is 0 Å². The normalized spacial score (nSPS) is 12.6. The van der Waals surface area contributed by atoms with Gasteiger partial charge in [-0.05, 0) is 77.0 Å². The van der Waals surface area contributed by atoms with E-state index in [0.29, 0.717) is 19.3 Å². The molecule has 0 spiro atoms. The Bertz CT molecular complexity index is 1160. The maximum atomic E-state index is 12.7. The zero-order valence-corrected chi connectivity index (χ0v) is 39.9. The van der Waals surface area contributed by atoms with Gasteiger partial charge in [0.1, 0.15) is 13.2 Å². The van der Waals surface area contributed by atoms with E-state index < -0.39 is 12.1 Å². The number of hydrogen-bond donors (Lipinski definition) is 0. The fraction of sp³-hybridized carbons (Fsp3) is 0.727. The van der Waals surface area contributed by atoms with Gasteiger partial charge < -0.3 is 14.2 Å². The number of esters is 3. The SMILES string of the molecule is CC/C=C\C/C=C\C/C=C\C/C=C\CCC(=O)OC(COC(=O)CCCCCCCCCCC/C=C\C/C=C\CCCCC)COC(=O)CCCCCCCCCCCCC. The predicted molar refractivity (Wildman–Crippen MR) is 261 cm³/mol. The molecule has 0 heterocycles. The Labute approximate surface area is 376 Å². The van der Waals surface area contributed by atoms with E-state index in [0.717, 1.165) is 70.6 Å². The van der Waals surface area contributed by atoms with Crippen molar-refractivity contribution >= 4 is 17.9 Å². The Hall–Kier alpha value is -3.15. The summed E-state index contributed by atoms with van der Waals surface area (Å²) in [5.74, 6) is -0.990. The molecule has 1 atom stereocenters. The highest BCUT2D eigenvalue weighted by molar-refractivity contribution is 5.71. The summed E-state index contributed by atoms with van der Waals surface area (Å²) >= 11 is 0. The van der Waals surface area contributed by atoms with Crippen molar-refractivity contribution in [3.8, 4) is 0 Å². The number of unbranched alkanes of at least 4 members (excludes halogenated alkanes) is 22. The van der Waals surface area contributed by atoms with E-state index in [-0.39, 0.29) is 31.6 Å². The van der Waals surface area contributed by atoms with Crippen LogP contribution in [0, 0.1) is 0 Å². The minimum atomic E-state index is -0.812. The molecule has 0 aliphatic heterocycles. The molecular weight excluding hydrogens is 757 g/mol. The predicted octanol–water partition coefficient (Wildman–Crippen LogP) is 16.6. The summed E-state index contributed by atoms with van der Waals surface area (Å²) in [6.45, 7) is 6.42. The number of allylic oxidation sites excluding steroid dienone is 12. The molecule has 0 rings (SSSR count). The van der Waals surface area contributed by atoms with Crippen molar-refractivity contribution in [2.75, 3.05) is 13.2 Å². The lowest BCUT2D eigenvalue weighted by Gasteiger charge is -2.18. The van der Waals surface area contributed by atoms with Gasteiger partial charge in [0.2, 0.25) is 0 Å². The first kappa shape index (κ1) is 57.9. The van der Waals surface area contributed by atoms with Crippen molar-refractivity contribution in [3.63, 3.8) is 0 Å². The highest BCUT2D eigenvalue weighted by Gasteiger charge is 2.19. The van der Waals surface area contributed by atoms with Crippen LogP contribution in [0.25, 0.3) is 0 Å². The van der Waals surface area contributed by atoms with E-state index in [1.54, 1.807) is 0 Å². The first-order valence-corrected chi connectivity index (χ1v) is 25.4. The van der Waals surface area contributed by atoms with E-state index in [1.807, 2.05) is 12.2 Å². The molecular formula is C55H94O6. The number of carbonyl (C=O) groups excluding carboxylic acids is 3. The number of carbonyl (C=O) groups is 3. The average Bonchev–Trinajstić information content (AvgIpc) is 3.26. The summed E-state index contributed by atoms with van der Waals surface area (Å²) in [5.41, 5.74) is 0. The maximum absolute atomic E-state index is 12.7. The Morgan fingerprint density at radius 1 is 0.344 bits per heavy atom. The summed E-state index contributed by atoms with van der Waals surface area (Å²) in [7, 11) is 0. The van der Waals surface area contributed by atoms with Crippen molar-refractivity contribution in [2.45, 2.75) is 245 Å².